The van der Waals surface area contributed by atoms with Crippen molar-refractivity contribution in [3.63, 3.8) is 0 Å². The standard InChI is InChI=1S/C13H12F3N3O2/c1-7-4-9(18-21-7)6-19-12(20)10(13(14,15)16)5-11(17-19)8-2-3-8/h4-5,8H,2-3,6H2,1H3. The highest BCUT2D eigenvalue weighted by Crippen LogP contribution is 2.40. The van der Waals surface area contributed by atoms with Crippen LogP contribution in [-0.2, 0) is 12.7 Å². The van der Waals surface area contributed by atoms with E-state index in [0.717, 1.165) is 23.6 Å². The molecule has 0 unspecified atom stereocenters. The summed E-state index contributed by atoms with van der Waals surface area (Å²) in [4.78, 5) is 11.9. The maximum Gasteiger partial charge on any atom is 0.421 e. The van der Waals surface area contributed by atoms with E-state index >= 15 is 0 Å². The van der Waals surface area contributed by atoms with Crippen molar-refractivity contribution in [3.8, 4) is 0 Å². The van der Waals surface area contributed by atoms with Crippen molar-refractivity contribution in [2.24, 2.45) is 0 Å². The third kappa shape index (κ3) is 2.84. The molecule has 0 amide bonds. The van der Waals surface area contributed by atoms with Gasteiger partial charge in [0.15, 0.2) is 0 Å². The number of hydrogen-bond acceptors (Lipinski definition) is 4. The second kappa shape index (κ2) is 4.71. The summed E-state index contributed by atoms with van der Waals surface area (Å²) in [6.45, 7) is 1.52. The molecule has 5 nitrogen and oxygen atoms in total. The number of aromatic nitrogens is 3. The molecule has 3 rings (SSSR count). The normalized spacial score (nSPS) is 15.4. The molecule has 2 aromatic heterocycles. The molecule has 0 saturated heterocycles. The highest BCUT2D eigenvalue weighted by Gasteiger charge is 2.37. The molecule has 2 heterocycles. The monoisotopic (exact) mass is 299 g/mol. The molecular weight excluding hydrogens is 287 g/mol. The SMILES string of the molecule is Cc1cc(Cn2nc(C3CC3)cc(C(F)(F)F)c2=O)no1. The molecule has 0 radical (unpaired) electrons. The lowest BCUT2D eigenvalue weighted by Gasteiger charge is -2.11. The first-order valence-electron chi connectivity index (χ1n) is 6.46. The molecular formula is C13H12F3N3O2. The predicted molar refractivity (Wildman–Crippen MR) is 65.8 cm³/mol. The number of hydrogen-bond donors (Lipinski definition) is 0. The molecule has 2 aromatic rings. The van der Waals surface area contributed by atoms with Crippen LogP contribution in [0.2, 0.25) is 0 Å². The molecule has 0 bridgehead atoms. The van der Waals surface area contributed by atoms with Gasteiger partial charge in [0, 0.05) is 12.0 Å². The Bertz CT molecular complexity index is 729. The average molecular weight is 299 g/mol. The highest BCUT2D eigenvalue weighted by molar-refractivity contribution is 5.22. The first-order valence-corrected chi connectivity index (χ1v) is 6.46. The van der Waals surface area contributed by atoms with Crippen LogP contribution in [-0.4, -0.2) is 14.9 Å². The molecule has 1 saturated carbocycles. The van der Waals surface area contributed by atoms with Crippen molar-refractivity contribution in [1.29, 1.82) is 0 Å². The Kier molecular flexibility index (Phi) is 3.11. The Balaban J connectivity index is 2.05. The summed E-state index contributed by atoms with van der Waals surface area (Å²) >= 11 is 0. The maximum atomic E-state index is 13.0. The maximum absolute atomic E-state index is 13.0. The van der Waals surface area contributed by atoms with E-state index in [1.807, 2.05) is 0 Å². The fourth-order valence-corrected chi connectivity index (χ4v) is 2.10. The van der Waals surface area contributed by atoms with Crippen LogP contribution in [0, 0.1) is 6.92 Å². The van der Waals surface area contributed by atoms with Crippen LogP contribution in [0.1, 0.15) is 41.5 Å². The second-order valence-corrected chi connectivity index (χ2v) is 5.15. The van der Waals surface area contributed by atoms with Gasteiger partial charge in [0.2, 0.25) is 0 Å². The largest absolute Gasteiger partial charge is 0.421 e. The fourth-order valence-electron chi connectivity index (χ4n) is 2.10. The quantitative estimate of drug-likeness (QED) is 0.873. The van der Waals surface area contributed by atoms with Gasteiger partial charge < -0.3 is 4.52 Å². The molecule has 0 aliphatic heterocycles. The molecule has 0 N–H and O–H groups in total. The topological polar surface area (TPSA) is 60.9 Å². The van der Waals surface area contributed by atoms with Gasteiger partial charge in [-0.05, 0) is 25.8 Å². The molecule has 0 atom stereocenters. The smallest absolute Gasteiger partial charge is 0.361 e. The van der Waals surface area contributed by atoms with Crippen molar-refractivity contribution in [1.82, 2.24) is 14.9 Å². The third-order valence-corrected chi connectivity index (χ3v) is 3.28. The number of nitrogens with zero attached hydrogens (tertiary/aromatic N) is 3. The zero-order valence-corrected chi connectivity index (χ0v) is 11.1. The van der Waals surface area contributed by atoms with E-state index in [-0.39, 0.29) is 12.5 Å². The van der Waals surface area contributed by atoms with Crippen LogP contribution in [0.5, 0.6) is 0 Å². The van der Waals surface area contributed by atoms with E-state index in [9.17, 15) is 18.0 Å². The van der Waals surface area contributed by atoms with Gasteiger partial charge in [-0.2, -0.15) is 18.3 Å². The van der Waals surface area contributed by atoms with Crippen LogP contribution in [0.15, 0.2) is 21.5 Å². The van der Waals surface area contributed by atoms with E-state index in [4.69, 9.17) is 4.52 Å². The Morgan fingerprint density at radius 1 is 1.38 bits per heavy atom. The molecule has 1 fully saturated rings. The number of rotatable bonds is 3. The van der Waals surface area contributed by atoms with E-state index in [1.165, 1.54) is 0 Å². The summed E-state index contributed by atoms with van der Waals surface area (Å²) in [6.07, 6.45) is -3.09. The predicted octanol–water partition coefficient (Wildman–Crippen LogP) is 2.48. The van der Waals surface area contributed by atoms with Crippen molar-refractivity contribution >= 4 is 0 Å². The molecule has 21 heavy (non-hydrogen) atoms. The Labute approximate surface area is 117 Å². The summed E-state index contributed by atoms with van der Waals surface area (Å²) < 4.78 is 44.5. The summed E-state index contributed by atoms with van der Waals surface area (Å²) in [7, 11) is 0. The van der Waals surface area contributed by atoms with Crippen molar-refractivity contribution < 1.29 is 17.7 Å². The first kappa shape index (κ1) is 13.8. The van der Waals surface area contributed by atoms with E-state index in [1.54, 1.807) is 13.0 Å². The van der Waals surface area contributed by atoms with Crippen LogP contribution in [0.25, 0.3) is 0 Å². The molecule has 112 valence electrons. The van der Waals surface area contributed by atoms with Crippen LogP contribution in [0.3, 0.4) is 0 Å². The van der Waals surface area contributed by atoms with Crippen LogP contribution < -0.4 is 5.56 Å². The second-order valence-electron chi connectivity index (χ2n) is 5.15. The number of halogens is 3. The number of aryl methyl sites for hydroxylation is 1. The van der Waals surface area contributed by atoms with Crippen molar-refractivity contribution in [2.75, 3.05) is 0 Å². The lowest BCUT2D eigenvalue weighted by Crippen LogP contribution is -2.31. The Hall–Kier alpha value is -2.12. The highest BCUT2D eigenvalue weighted by atomic mass is 19.4. The van der Waals surface area contributed by atoms with Gasteiger partial charge in [-0.25, -0.2) is 4.68 Å². The fraction of sp³-hybridized carbons (Fsp3) is 0.462. The minimum absolute atomic E-state index is 0.0111. The Morgan fingerprint density at radius 3 is 2.62 bits per heavy atom. The minimum atomic E-state index is -4.69. The molecule has 1 aliphatic rings. The van der Waals surface area contributed by atoms with Gasteiger partial charge in [0.1, 0.15) is 17.0 Å². The lowest BCUT2D eigenvalue weighted by atomic mass is 10.2. The van der Waals surface area contributed by atoms with Gasteiger partial charge in [-0.3, -0.25) is 4.79 Å². The van der Waals surface area contributed by atoms with Gasteiger partial charge in [-0.1, -0.05) is 5.16 Å². The zero-order chi connectivity index (χ0) is 15.2. The summed E-state index contributed by atoms with van der Waals surface area (Å²) in [6, 6.07) is 2.43. The summed E-state index contributed by atoms with van der Waals surface area (Å²) in [5, 5.41) is 7.71. The number of alkyl halides is 3. The van der Waals surface area contributed by atoms with E-state index in [2.05, 4.69) is 10.3 Å². The molecule has 0 spiro atoms. The molecule has 0 aromatic carbocycles. The van der Waals surface area contributed by atoms with E-state index < -0.39 is 17.3 Å². The molecule has 8 heteroatoms. The summed E-state index contributed by atoms with van der Waals surface area (Å²) in [5.74, 6) is 0.532. The third-order valence-electron chi connectivity index (χ3n) is 3.28. The summed E-state index contributed by atoms with van der Waals surface area (Å²) in [5.41, 5.74) is -1.67. The van der Waals surface area contributed by atoms with Gasteiger partial charge in [-0.15, -0.1) is 0 Å². The van der Waals surface area contributed by atoms with Crippen molar-refractivity contribution in [2.45, 2.75) is 38.4 Å². The van der Waals surface area contributed by atoms with Gasteiger partial charge in [0.05, 0.1) is 12.2 Å². The van der Waals surface area contributed by atoms with Crippen molar-refractivity contribution in [3.05, 3.63) is 45.2 Å². The lowest BCUT2D eigenvalue weighted by molar-refractivity contribution is -0.139. The minimum Gasteiger partial charge on any atom is -0.361 e. The van der Waals surface area contributed by atoms with E-state index in [0.29, 0.717) is 17.1 Å². The van der Waals surface area contributed by atoms with Gasteiger partial charge >= 0.3 is 6.18 Å². The first-order chi connectivity index (χ1) is 9.84. The average Bonchev–Trinajstić information content (AvgIpc) is 3.15. The van der Waals surface area contributed by atoms with Crippen LogP contribution in [0.4, 0.5) is 13.2 Å². The zero-order valence-electron chi connectivity index (χ0n) is 11.1. The molecule has 1 aliphatic carbocycles. The van der Waals surface area contributed by atoms with Crippen LogP contribution >= 0.6 is 0 Å². The Morgan fingerprint density at radius 2 is 2.10 bits per heavy atom. The van der Waals surface area contributed by atoms with Gasteiger partial charge in [0.25, 0.3) is 5.56 Å².